The molecule has 1 aromatic rings. The van der Waals surface area contributed by atoms with Gasteiger partial charge in [-0.1, -0.05) is 5.92 Å². The van der Waals surface area contributed by atoms with Crippen LogP contribution in [0.25, 0.3) is 0 Å². The molecular weight excluding hydrogens is 262 g/mol. The Morgan fingerprint density at radius 3 is 2.70 bits per heavy atom. The average molecular weight is 277 g/mol. The first-order valence-electron chi connectivity index (χ1n) is 5.91. The Bertz CT molecular complexity index is 533. The topological polar surface area (TPSA) is 84.9 Å². The lowest BCUT2D eigenvalue weighted by Gasteiger charge is -2.12. The summed E-state index contributed by atoms with van der Waals surface area (Å²) in [5.41, 5.74) is 0.353. The second kappa shape index (κ2) is 7.69. The second-order valence-corrected chi connectivity index (χ2v) is 3.66. The second-order valence-electron chi connectivity index (χ2n) is 3.66. The molecule has 106 valence electrons. The number of carboxylic acids is 1. The molecule has 0 aliphatic carbocycles. The highest BCUT2D eigenvalue weighted by Crippen LogP contribution is 2.28. The predicted molar refractivity (Wildman–Crippen MR) is 71.9 cm³/mol. The number of carboxylic acid groups (broad SMARTS) is 1. The number of amides is 1. The molecule has 0 aliphatic rings. The van der Waals surface area contributed by atoms with Gasteiger partial charge >= 0.3 is 5.97 Å². The fourth-order valence-corrected chi connectivity index (χ4v) is 1.41. The van der Waals surface area contributed by atoms with Crippen LogP contribution in [0, 0.1) is 12.3 Å². The molecule has 20 heavy (non-hydrogen) atoms. The maximum Gasteiger partial charge on any atom is 0.341 e. The van der Waals surface area contributed by atoms with Crippen molar-refractivity contribution >= 4 is 11.9 Å². The fraction of sp³-hybridized carbons (Fsp3) is 0.286. The summed E-state index contributed by atoms with van der Waals surface area (Å²) in [5.74, 6) is 1.44. The van der Waals surface area contributed by atoms with Gasteiger partial charge < -0.3 is 19.9 Å². The van der Waals surface area contributed by atoms with Crippen LogP contribution in [0.4, 0.5) is 0 Å². The largest absolute Gasteiger partial charge is 0.490 e. The Morgan fingerprint density at radius 2 is 2.10 bits per heavy atom. The highest BCUT2D eigenvalue weighted by molar-refractivity contribution is 5.95. The standard InChI is InChI=1S/C14H15NO5/c1-3-7-15-14(18)10-5-6-11(20-9-13(16)17)12(8-10)19-4-2/h1,5-6,8H,4,7,9H2,2H3,(H,15,18)(H,16,17). The molecule has 0 bridgehead atoms. The van der Waals surface area contributed by atoms with Gasteiger partial charge in [-0.05, 0) is 25.1 Å². The molecule has 1 amide bonds. The molecule has 1 aromatic carbocycles. The van der Waals surface area contributed by atoms with Crippen LogP contribution in [0.15, 0.2) is 18.2 Å². The van der Waals surface area contributed by atoms with Gasteiger partial charge in [0.15, 0.2) is 18.1 Å². The smallest absolute Gasteiger partial charge is 0.341 e. The van der Waals surface area contributed by atoms with Crippen LogP contribution in [0.2, 0.25) is 0 Å². The monoisotopic (exact) mass is 277 g/mol. The normalized spacial score (nSPS) is 9.40. The summed E-state index contributed by atoms with van der Waals surface area (Å²) in [6, 6.07) is 4.47. The summed E-state index contributed by atoms with van der Waals surface area (Å²) in [4.78, 5) is 22.2. The van der Waals surface area contributed by atoms with Gasteiger partial charge in [0.2, 0.25) is 0 Å². The van der Waals surface area contributed by atoms with E-state index in [1.165, 1.54) is 18.2 Å². The maximum atomic E-state index is 11.7. The van der Waals surface area contributed by atoms with E-state index in [1.807, 2.05) is 0 Å². The summed E-state index contributed by atoms with van der Waals surface area (Å²) in [5, 5.41) is 11.1. The van der Waals surface area contributed by atoms with E-state index < -0.39 is 12.6 Å². The molecule has 6 nitrogen and oxygen atoms in total. The van der Waals surface area contributed by atoms with E-state index >= 15 is 0 Å². The van der Waals surface area contributed by atoms with Crippen molar-refractivity contribution in [2.45, 2.75) is 6.92 Å². The lowest BCUT2D eigenvalue weighted by Crippen LogP contribution is -2.23. The molecule has 0 spiro atoms. The number of rotatable bonds is 7. The van der Waals surface area contributed by atoms with Crippen molar-refractivity contribution in [1.29, 1.82) is 0 Å². The van der Waals surface area contributed by atoms with Gasteiger partial charge in [-0.2, -0.15) is 0 Å². The first-order valence-corrected chi connectivity index (χ1v) is 5.91. The summed E-state index contributed by atoms with van der Waals surface area (Å²) in [6.45, 7) is 1.77. The summed E-state index contributed by atoms with van der Waals surface area (Å²) in [6.07, 6.45) is 5.06. The molecule has 0 aromatic heterocycles. The van der Waals surface area contributed by atoms with E-state index in [4.69, 9.17) is 21.0 Å². The van der Waals surface area contributed by atoms with Crippen molar-refractivity contribution in [3.05, 3.63) is 23.8 Å². The number of terminal acetylenes is 1. The molecule has 1 rings (SSSR count). The summed E-state index contributed by atoms with van der Waals surface area (Å²) in [7, 11) is 0. The number of carbonyl (C=O) groups excluding carboxylic acids is 1. The number of ether oxygens (including phenoxy) is 2. The van der Waals surface area contributed by atoms with Gasteiger partial charge in [-0.3, -0.25) is 4.79 Å². The molecule has 0 radical (unpaired) electrons. The highest BCUT2D eigenvalue weighted by atomic mass is 16.5. The highest BCUT2D eigenvalue weighted by Gasteiger charge is 2.12. The number of carbonyl (C=O) groups is 2. The Balaban J connectivity index is 2.91. The van der Waals surface area contributed by atoms with Crippen LogP contribution in [0.1, 0.15) is 17.3 Å². The minimum Gasteiger partial charge on any atom is -0.490 e. The van der Waals surface area contributed by atoms with Gasteiger partial charge in [0.25, 0.3) is 5.91 Å². The van der Waals surface area contributed by atoms with Crippen molar-refractivity contribution in [2.75, 3.05) is 19.8 Å². The molecule has 0 aliphatic heterocycles. The van der Waals surface area contributed by atoms with Crippen LogP contribution in [0.5, 0.6) is 11.5 Å². The Hall–Kier alpha value is -2.68. The van der Waals surface area contributed by atoms with Crippen LogP contribution >= 0.6 is 0 Å². The summed E-state index contributed by atoms with van der Waals surface area (Å²) >= 11 is 0. The molecule has 0 unspecified atom stereocenters. The van der Waals surface area contributed by atoms with E-state index in [-0.39, 0.29) is 18.2 Å². The molecule has 0 fully saturated rings. The molecule has 0 saturated heterocycles. The Kier molecular flexibility index (Phi) is 5.91. The van der Waals surface area contributed by atoms with Crippen molar-refractivity contribution in [2.24, 2.45) is 0 Å². The molecular formula is C14H15NO5. The number of benzene rings is 1. The van der Waals surface area contributed by atoms with Crippen molar-refractivity contribution in [3.8, 4) is 23.8 Å². The Labute approximate surface area is 116 Å². The van der Waals surface area contributed by atoms with E-state index in [1.54, 1.807) is 6.92 Å². The van der Waals surface area contributed by atoms with Gasteiger partial charge in [0, 0.05) is 5.56 Å². The molecule has 6 heteroatoms. The number of hydrogen-bond donors (Lipinski definition) is 2. The van der Waals surface area contributed by atoms with E-state index in [0.29, 0.717) is 17.9 Å². The number of hydrogen-bond acceptors (Lipinski definition) is 4. The fourth-order valence-electron chi connectivity index (χ4n) is 1.41. The minimum absolute atomic E-state index is 0.125. The summed E-state index contributed by atoms with van der Waals surface area (Å²) < 4.78 is 10.4. The lowest BCUT2D eigenvalue weighted by molar-refractivity contribution is -0.139. The SMILES string of the molecule is C#CCNC(=O)c1ccc(OCC(=O)O)c(OCC)c1. The van der Waals surface area contributed by atoms with Crippen molar-refractivity contribution in [3.63, 3.8) is 0 Å². The van der Waals surface area contributed by atoms with Gasteiger partial charge in [-0.15, -0.1) is 6.42 Å². The third kappa shape index (κ3) is 4.53. The third-order valence-electron chi connectivity index (χ3n) is 2.21. The quantitative estimate of drug-likeness (QED) is 0.724. The molecule has 0 atom stereocenters. The third-order valence-corrected chi connectivity index (χ3v) is 2.21. The Morgan fingerprint density at radius 1 is 1.35 bits per heavy atom. The van der Waals surface area contributed by atoms with E-state index in [9.17, 15) is 9.59 Å². The number of aliphatic carboxylic acids is 1. The molecule has 0 heterocycles. The van der Waals surface area contributed by atoms with Crippen LogP contribution < -0.4 is 14.8 Å². The van der Waals surface area contributed by atoms with Crippen molar-refractivity contribution in [1.82, 2.24) is 5.32 Å². The zero-order chi connectivity index (χ0) is 15.0. The lowest BCUT2D eigenvalue weighted by atomic mass is 10.2. The molecule has 0 saturated carbocycles. The predicted octanol–water partition coefficient (Wildman–Crippen LogP) is 0.912. The molecule has 2 N–H and O–H groups in total. The van der Waals surface area contributed by atoms with Crippen LogP contribution in [-0.4, -0.2) is 36.7 Å². The van der Waals surface area contributed by atoms with Gasteiger partial charge in [-0.25, -0.2) is 4.79 Å². The van der Waals surface area contributed by atoms with E-state index in [2.05, 4.69) is 11.2 Å². The van der Waals surface area contributed by atoms with E-state index in [0.717, 1.165) is 0 Å². The first kappa shape index (κ1) is 15.4. The minimum atomic E-state index is -1.09. The van der Waals surface area contributed by atoms with Crippen LogP contribution in [0.3, 0.4) is 0 Å². The zero-order valence-electron chi connectivity index (χ0n) is 11.0. The zero-order valence-corrected chi connectivity index (χ0v) is 11.0. The van der Waals surface area contributed by atoms with Crippen LogP contribution in [-0.2, 0) is 4.79 Å². The first-order chi connectivity index (χ1) is 9.58. The van der Waals surface area contributed by atoms with Gasteiger partial charge in [0.1, 0.15) is 0 Å². The van der Waals surface area contributed by atoms with Gasteiger partial charge in [0.05, 0.1) is 13.2 Å². The number of nitrogens with one attached hydrogen (secondary N) is 1. The average Bonchev–Trinajstić information content (AvgIpc) is 2.43. The van der Waals surface area contributed by atoms with Crippen molar-refractivity contribution < 1.29 is 24.2 Å². The maximum absolute atomic E-state index is 11.7.